The average molecular weight is 1410 g/mol. The van der Waals surface area contributed by atoms with Crippen molar-refractivity contribution in [3.05, 3.63) is 121 Å². The monoisotopic (exact) mass is 1410 g/mol. The molecule has 0 unspecified atom stereocenters. The van der Waals surface area contributed by atoms with Crippen molar-refractivity contribution in [1.29, 1.82) is 0 Å². The van der Waals surface area contributed by atoms with Gasteiger partial charge in [-0.25, -0.2) is 37.5 Å². The van der Waals surface area contributed by atoms with E-state index in [0.29, 0.717) is 41.5 Å². The fourth-order valence-corrected chi connectivity index (χ4v) is 13.4. The third-order valence-corrected chi connectivity index (χ3v) is 18.5. The number of hydrogen-bond donors (Lipinski definition) is 3. The van der Waals surface area contributed by atoms with Crippen LogP contribution >= 0.6 is 0 Å². The lowest BCUT2D eigenvalue weighted by atomic mass is 10.0. The minimum Gasteiger partial charge on any atom is -0.464 e. The van der Waals surface area contributed by atoms with Gasteiger partial charge in [0.2, 0.25) is 23.6 Å². The average Bonchev–Trinajstić information content (AvgIpc) is 1.56. The van der Waals surface area contributed by atoms with Crippen LogP contribution in [0.2, 0.25) is 0 Å². The van der Waals surface area contributed by atoms with Gasteiger partial charge in [0, 0.05) is 55.8 Å². The van der Waals surface area contributed by atoms with E-state index in [4.69, 9.17) is 28.4 Å². The van der Waals surface area contributed by atoms with Crippen LogP contribution in [0.15, 0.2) is 87.0 Å². The summed E-state index contributed by atoms with van der Waals surface area (Å²) in [6.07, 6.45) is 8.15. The van der Waals surface area contributed by atoms with Crippen LogP contribution in [0.5, 0.6) is 0 Å². The number of benzene rings is 2. The summed E-state index contributed by atoms with van der Waals surface area (Å²) < 4.78 is 61.9. The molecule has 0 radical (unpaired) electrons. The second-order valence-corrected chi connectivity index (χ2v) is 28.3. The van der Waals surface area contributed by atoms with E-state index in [1.807, 2.05) is 6.08 Å². The predicted molar refractivity (Wildman–Crippen MR) is 366 cm³/mol. The molecule has 2 aliphatic carbocycles. The Morgan fingerprint density at radius 1 is 0.604 bits per heavy atom. The maximum absolute atomic E-state index is 14.6. The lowest BCUT2D eigenvalue weighted by Crippen LogP contribution is -2.59. The number of likely N-dealkylation sites (tertiary alicyclic amines) is 2. The molecule has 8 rings (SSSR count). The molecule has 101 heavy (non-hydrogen) atoms. The highest BCUT2D eigenvalue weighted by Crippen LogP contribution is 2.51. The summed E-state index contributed by atoms with van der Waals surface area (Å²) in [6.45, 7) is 29.6. The number of nitrogens with zero attached hydrogens (tertiary/aromatic N) is 5. The molecule has 4 fully saturated rings. The molecular weight excluding hydrogens is 1310 g/mol. The van der Waals surface area contributed by atoms with Crippen molar-refractivity contribution in [2.75, 3.05) is 26.3 Å². The van der Waals surface area contributed by atoms with Crippen molar-refractivity contribution in [1.82, 2.24) is 40.4 Å². The maximum Gasteiger partial charge on any atom is 0.410 e. The Morgan fingerprint density at radius 2 is 1.05 bits per heavy atom. The molecule has 25 nitrogen and oxygen atoms in total. The van der Waals surface area contributed by atoms with Gasteiger partial charge in [-0.1, -0.05) is 74.3 Å². The maximum atomic E-state index is 14.6. The molecule has 6 aliphatic rings. The number of hydrogen-bond acceptors (Lipinski definition) is 17. The highest BCUT2D eigenvalue weighted by molar-refractivity contribution is 6.06. The van der Waals surface area contributed by atoms with Crippen LogP contribution in [0.3, 0.4) is 0 Å². The molecule has 2 aromatic rings. The summed E-state index contributed by atoms with van der Waals surface area (Å²) in [5.74, 6) is -6.57. The first-order valence-electron chi connectivity index (χ1n) is 34.8. The number of esters is 2. The van der Waals surface area contributed by atoms with Gasteiger partial charge in [0.05, 0.1) is 39.4 Å². The van der Waals surface area contributed by atoms with Gasteiger partial charge in [-0.15, -0.1) is 26.3 Å². The highest BCUT2D eigenvalue weighted by atomic mass is 19.1. The molecule has 552 valence electrons. The van der Waals surface area contributed by atoms with Gasteiger partial charge in [0.1, 0.15) is 64.8 Å². The standard InChI is InChI=1S/C38H51FN4O9.C36H49FN4O8/c1-8-11-12-13-14-18-30(40-35(48)52-37(5,6)7)32(45)42-22-27(51-36(49)41-21-25-16-15-17-29(39)28(25)23-41)19-31(42)33(46)43(24(4)44)38(20-26(38)9-2)34(47)50-10-3;1-7-10-11-12-13-17-28(38-33(45)49-35(4,5)6)31(43)41-21-25(48-34(46)40-20-23-15-14-16-27(37)26(23)22-40)18-29(41)30(42)39-36(19-24(36)8-2)32(44)47-9-3/h8-9,15-17,26-27,30-31H,1-2,10-14,18-23H2,3-7H3,(H,40,48);7-8,14-16,24-25,28-29H,1-2,9-13,17-22H2,3-6H3,(H,38,45)(H,39,42)/t26-,27-,30+,31+,38-;24-,25-,28+,29+,36-/m11/s1. The second kappa shape index (κ2) is 34.5. The Hall–Kier alpha value is -9.17. The molecular formula is C74H100F2N8O17. The van der Waals surface area contributed by atoms with Gasteiger partial charge >= 0.3 is 36.3 Å². The van der Waals surface area contributed by atoms with Gasteiger partial charge in [0.15, 0.2) is 5.54 Å². The number of rotatable bonds is 28. The Kier molecular flexibility index (Phi) is 27.0. The first-order valence-corrected chi connectivity index (χ1v) is 34.8. The van der Waals surface area contributed by atoms with Crippen LogP contribution in [-0.4, -0.2) is 175 Å². The normalized spacial score (nSPS) is 22.8. The first-order chi connectivity index (χ1) is 47.8. The number of allylic oxidation sites excluding steroid dienone is 2. The molecule has 10 atom stereocenters. The molecule has 0 spiro atoms. The third kappa shape index (κ3) is 19.9. The molecule has 27 heteroatoms. The Labute approximate surface area is 590 Å². The largest absolute Gasteiger partial charge is 0.464 e. The predicted octanol–water partition coefficient (Wildman–Crippen LogP) is 10.1. The number of halogens is 2. The van der Waals surface area contributed by atoms with Crippen molar-refractivity contribution < 1.29 is 89.9 Å². The number of alkyl carbamates (subject to hydrolysis) is 2. The molecule has 3 N–H and O–H groups in total. The van der Waals surface area contributed by atoms with E-state index in [0.717, 1.165) is 50.3 Å². The van der Waals surface area contributed by atoms with Crippen LogP contribution in [-0.2, 0) is 88.2 Å². The molecule has 4 aliphatic heterocycles. The molecule has 9 amide bonds. The number of ether oxygens (including phenoxy) is 6. The van der Waals surface area contributed by atoms with Gasteiger partial charge in [-0.05, 0) is 130 Å². The number of unbranched alkanes of at least 4 members (excludes halogenated alkanes) is 6. The summed E-state index contributed by atoms with van der Waals surface area (Å²) in [4.78, 5) is 155. The summed E-state index contributed by atoms with van der Waals surface area (Å²) >= 11 is 0. The smallest absolute Gasteiger partial charge is 0.410 e. The van der Waals surface area contributed by atoms with Crippen molar-refractivity contribution in [2.24, 2.45) is 11.8 Å². The highest BCUT2D eigenvalue weighted by Gasteiger charge is 2.68. The zero-order valence-electron chi connectivity index (χ0n) is 59.7. The summed E-state index contributed by atoms with van der Waals surface area (Å²) in [7, 11) is 0. The topological polar surface area (TPSA) is 295 Å². The van der Waals surface area contributed by atoms with E-state index >= 15 is 0 Å². The van der Waals surface area contributed by atoms with Crippen molar-refractivity contribution in [3.8, 4) is 0 Å². The van der Waals surface area contributed by atoms with E-state index in [-0.39, 0.29) is 90.5 Å². The van der Waals surface area contributed by atoms with E-state index < -0.39 is 142 Å². The molecule has 2 saturated carbocycles. The lowest BCUT2D eigenvalue weighted by molar-refractivity contribution is -0.165. The van der Waals surface area contributed by atoms with Crippen molar-refractivity contribution in [2.45, 2.75) is 237 Å². The molecule has 2 saturated heterocycles. The minimum atomic E-state index is -1.64. The van der Waals surface area contributed by atoms with Crippen LogP contribution in [0.4, 0.5) is 28.0 Å². The van der Waals surface area contributed by atoms with E-state index in [1.165, 1.54) is 37.8 Å². The van der Waals surface area contributed by atoms with Crippen molar-refractivity contribution >= 4 is 65.8 Å². The SMILES string of the molecule is C=CCCCCC[C@H](NC(=O)OC(C)(C)C)C(=O)N1C[C@H](OC(=O)N2Cc3cccc(F)c3C2)C[C@H]1C(=O)N(C(C)=O)[C@]1(C(=O)OCC)C[C@H]1C=C.C=CCCCCC[C@H](NC(=O)OC(C)(C)C)C(=O)N1C[C@H](OC(=O)N2Cc3cccc(F)c3C2)C[C@H]1C(=O)N[C@]1(C(=O)OCC)C[C@H]1C=C. The van der Waals surface area contributed by atoms with Gasteiger partial charge in [0.25, 0.3) is 5.91 Å². The number of carbonyl (C=O) groups excluding carboxylic acids is 11. The molecule has 0 bridgehead atoms. The number of carbonyl (C=O) groups is 11. The third-order valence-electron chi connectivity index (χ3n) is 18.5. The summed E-state index contributed by atoms with van der Waals surface area (Å²) in [5.41, 5.74) is -2.54. The van der Waals surface area contributed by atoms with Gasteiger partial charge < -0.3 is 54.2 Å². The Bertz CT molecular complexity index is 3460. The van der Waals surface area contributed by atoms with Crippen LogP contribution in [0.1, 0.15) is 174 Å². The number of nitrogens with one attached hydrogen (secondary N) is 3. The molecule has 0 aromatic heterocycles. The zero-order valence-corrected chi connectivity index (χ0v) is 59.7. The summed E-state index contributed by atoms with van der Waals surface area (Å²) in [5, 5.41) is 8.16. The van der Waals surface area contributed by atoms with E-state index in [1.54, 1.807) is 91.8 Å². The van der Waals surface area contributed by atoms with E-state index in [2.05, 4.69) is 42.3 Å². The molecule has 2 aromatic carbocycles. The van der Waals surface area contributed by atoms with Crippen LogP contribution < -0.4 is 16.0 Å². The summed E-state index contributed by atoms with van der Waals surface area (Å²) in [6, 6.07) is 4.56. The zero-order chi connectivity index (χ0) is 74.3. The fourth-order valence-electron chi connectivity index (χ4n) is 13.4. The van der Waals surface area contributed by atoms with Crippen LogP contribution in [0, 0.1) is 23.5 Å². The minimum absolute atomic E-state index is 0.00548. The van der Waals surface area contributed by atoms with Crippen LogP contribution in [0.25, 0.3) is 0 Å². The van der Waals surface area contributed by atoms with E-state index in [9.17, 15) is 61.5 Å². The number of imide groups is 1. The Morgan fingerprint density at radius 3 is 1.45 bits per heavy atom. The van der Waals surface area contributed by atoms with Gasteiger partial charge in [-0.3, -0.25) is 38.7 Å². The van der Waals surface area contributed by atoms with Gasteiger partial charge in [-0.2, -0.15) is 0 Å². The lowest BCUT2D eigenvalue weighted by Gasteiger charge is -2.34. The first kappa shape index (κ1) is 79.2. The molecule has 4 heterocycles. The Balaban J connectivity index is 0.000000284. The number of amides is 9. The number of fused-ring (bicyclic) bond motifs is 2. The second-order valence-electron chi connectivity index (χ2n) is 28.3. The fraction of sp³-hybridized carbons (Fsp3) is 0.581. The van der Waals surface area contributed by atoms with Crippen molar-refractivity contribution in [3.63, 3.8) is 0 Å². The quantitative estimate of drug-likeness (QED) is 0.0309.